The smallest absolute Gasteiger partial charge is 0.359 e. The summed E-state index contributed by atoms with van der Waals surface area (Å²) in [5.41, 5.74) is 0.870. The molecule has 0 saturated heterocycles. The molecule has 0 bridgehead atoms. The molecule has 2 aromatic rings. The molecule has 0 aliphatic carbocycles. The van der Waals surface area contributed by atoms with Crippen molar-refractivity contribution in [2.45, 2.75) is 0 Å². The van der Waals surface area contributed by atoms with Crippen LogP contribution in [0.4, 0.5) is 0 Å². The van der Waals surface area contributed by atoms with Crippen LogP contribution in [0.2, 0.25) is 0 Å². The Labute approximate surface area is 116 Å². The lowest BCUT2D eigenvalue weighted by Crippen LogP contribution is -2.21. The van der Waals surface area contributed by atoms with Gasteiger partial charge in [0.1, 0.15) is 6.61 Å². The molecule has 0 atom stereocenters. The van der Waals surface area contributed by atoms with Gasteiger partial charge in [0.25, 0.3) is 5.56 Å². The summed E-state index contributed by atoms with van der Waals surface area (Å²) in [6, 6.07) is 12.3. The standard InChI is InChI=1S/C15H14N2O3/c1-17-14(18)10-9-13(16-17)15(19)20-11-5-8-12-6-3-2-4-7-12/h2-10H,11H2,1H3/b8-5+. The van der Waals surface area contributed by atoms with E-state index in [9.17, 15) is 9.59 Å². The van der Waals surface area contributed by atoms with Crippen molar-refractivity contribution in [2.75, 3.05) is 6.61 Å². The second kappa shape index (κ2) is 6.47. The van der Waals surface area contributed by atoms with Gasteiger partial charge >= 0.3 is 5.97 Å². The highest BCUT2D eigenvalue weighted by atomic mass is 16.5. The Hall–Kier alpha value is -2.69. The molecule has 1 aromatic heterocycles. The number of nitrogens with zero attached hydrogens (tertiary/aromatic N) is 2. The highest BCUT2D eigenvalue weighted by molar-refractivity contribution is 5.87. The number of aromatic nitrogens is 2. The minimum atomic E-state index is -0.557. The fraction of sp³-hybridized carbons (Fsp3) is 0.133. The quantitative estimate of drug-likeness (QED) is 0.793. The van der Waals surface area contributed by atoms with Crippen molar-refractivity contribution in [3.05, 3.63) is 70.2 Å². The average Bonchev–Trinajstić information content (AvgIpc) is 2.47. The molecule has 0 aliphatic heterocycles. The van der Waals surface area contributed by atoms with Crippen molar-refractivity contribution < 1.29 is 9.53 Å². The SMILES string of the molecule is Cn1nc(C(=O)OC/C=C/c2ccccc2)ccc1=O. The Bertz CT molecular complexity index is 675. The van der Waals surface area contributed by atoms with E-state index in [1.54, 1.807) is 6.08 Å². The van der Waals surface area contributed by atoms with Crippen molar-refractivity contribution in [1.29, 1.82) is 0 Å². The zero-order chi connectivity index (χ0) is 14.4. The van der Waals surface area contributed by atoms with E-state index in [-0.39, 0.29) is 17.9 Å². The first-order chi connectivity index (χ1) is 9.66. The van der Waals surface area contributed by atoms with Gasteiger partial charge < -0.3 is 4.74 Å². The van der Waals surface area contributed by atoms with Gasteiger partial charge in [0, 0.05) is 13.1 Å². The lowest BCUT2D eigenvalue weighted by molar-refractivity contribution is 0.0540. The zero-order valence-corrected chi connectivity index (χ0v) is 11.0. The topological polar surface area (TPSA) is 61.2 Å². The third-order valence-electron chi connectivity index (χ3n) is 2.59. The van der Waals surface area contributed by atoms with Gasteiger partial charge in [-0.25, -0.2) is 9.48 Å². The fourth-order valence-corrected chi connectivity index (χ4v) is 1.56. The number of aryl methyl sites for hydroxylation is 1. The molecule has 102 valence electrons. The minimum Gasteiger partial charge on any atom is -0.457 e. The highest BCUT2D eigenvalue weighted by Gasteiger charge is 2.08. The van der Waals surface area contributed by atoms with Crippen molar-refractivity contribution in [1.82, 2.24) is 9.78 Å². The van der Waals surface area contributed by atoms with Gasteiger partial charge in [0.05, 0.1) is 0 Å². The van der Waals surface area contributed by atoms with Crippen LogP contribution in [0.15, 0.2) is 53.3 Å². The van der Waals surface area contributed by atoms with Crippen LogP contribution in [0.5, 0.6) is 0 Å². The number of hydrogen-bond donors (Lipinski definition) is 0. The van der Waals surface area contributed by atoms with Gasteiger partial charge in [0.2, 0.25) is 0 Å². The number of hydrogen-bond acceptors (Lipinski definition) is 4. The first-order valence-corrected chi connectivity index (χ1v) is 6.10. The Balaban J connectivity index is 1.91. The molecular formula is C15H14N2O3. The van der Waals surface area contributed by atoms with E-state index in [2.05, 4.69) is 5.10 Å². The molecule has 0 saturated carbocycles. The van der Waals surface area contributed by atoms with Crippen molar-refractivity contribution >= 4 is 12.0 Å². The molecule has 1 aromatic carbocycles. The van der Waals surface area contributed by atoms with Crippen LogP contribution in [0, 0.1) is 0 Å². The van der Waals surface area contributed by atoms with Crippen LogP contribution in [0.3, 0.4) is 0 Å². The molecule has 2 rings (SSSR count). The summed E-state index contributed by atoms with van der Waals surface area (Å²) >= 11 is 0. The molecule has 1 heterocycles. The number of esters is 1. The molecule has 0 unspecified atom stereocenters. The molecule has 5 heteroatoms. The van der Waals surface area contributed by atoms with Gasteiger partial charge in [-0.3, -0.25) is 4.79 Å². The molecule has 5 nitrogen and oxygen atoms in total. The molecule has 0 fully saturated rings. The molecule has 0 amide bonds. The third-order valence-corrected chi connectivity index (χ3v) is 2.59. The second-order valence-electron chi connectivity index (χ2n) is 4.09. The Morgan fingerprint density at radius 1 is 1.25 bits per heavy atom. The number of carbonyl (C=O) groups is 1. The lowest BCUT2D eigenvalue weighted by Gasteiger charge is -2.02. The molecular weight excluding hydrogens is 256 g/mol. The second-order valence-corrected chi connectivity index (χ2v) is 4.09. The van der Waals surface area contributed by atoms with Crippen LogP contribution < -0.4 is 5.56 Å². The number of ether oxygens (including phenoxy) is 1. The third kappa shape index (κ3) is 3.65. The number of rotatable bonds is 4. The molecule has 0 radical (unpaired) electrons. The van der Waals surface area contributed by atoms with Crippen LogP contribution >= 0.6 is 0 Å². The minimum absolute atomic E-state index is 0.111. The van der Waals surface area contributed by atoms with E-state index in [0.29, 0.717) is 0 Å². The monoisotopic (exact) mass is 270 g/mol. The summed E-state index contributed by atoms with van der Waals surface area (Å²) in [7, 11) is 1.48. The Morgan fingerprint density at radius 3 is 2.70 bits per heavy atom. The van der Waals surface area contributed by atoms with Gasteiger partial charge in [0.15, 0.2) is 5.69 Å². The van der Waals surface area contributed by atoms with Crippen LogP contribution in [-0.4, -0.2) is 22.4 Å². The maximum atomic E-state index is 11.7. The molecule has 0 aliphatic rings. The summed E-state index contributed by atoms with van der Waals surface area (Å²) in [5, 5.41) is 3.82. The van der Waals surface area contributed by atoms with Crippen molar-refractivity contribution in [2.24, 2.45) is 7.05 Å². The van der Waals surface area contributed by atoms with Crippen LogP contribution in [0.25, 0.3) is 6.08 Å². The van der Waals surface area contributed by atoms with E-state index >= 15 is 0 Å². The van der Waals surface area contributed by atoms with E-state index in [4.69, 9.17) is 4.74 Å². The summed E-state index contributed by atoms with van der Waals surface area (Å²) < 4.78 is 6.13. The summed E-state index contributed by atoms with van der Waals surface area (Å²) in [6.07, 6.45) is 3.61. The fourth-order valence-electron chi connectivity index (χ4n) is 1.56. The highest BCUT2D eigenvalue weighted by Crippen LogP contribution is 2.01. The van der Waals surface area contributed by atoms with E-state index in [1.807, 2.05) is 36.4 Å². The Kier molecular flexibility index (Phi) is 4.44. The first kappa shape index (κ1) is 13.7. The normalized spacial score (nSPS) is 10.7. The molecule has 20 heavy (non-hydrogen) atoms. The summed E-state index contributed by atoms with van der Waals surface area (Å²) in [5.74, 6) is -0.557. The van der Waals surface area contributed by atoms with E-state index in [0.717, 1.165) is 10.2 Å². The van der Waals surface area contributed by atoms with E-state index < -0.39 is 5.97 Å². The zero-order valence-electron chi connectivity index (χ0n) is 11.0. The summed E-state index contributed by atoms with van der Waals surface area (Å²) in [6.45, 7) is 0.151. The van der Waals surface area contributed by atoms with Crippen molar-refractivity contribution in [3.63, 3.8) is 0 Å². The molecule has 0 spiro atoms. The maximum Gasteiger partial charge on any atom is 0.359 e. The van der Waals surface area contributed by atoms with Gasteiger partial charge in [-0.2, -0.15) is 5.10 Å². The predicted octanol–water partition coefficient (Wildman–Crippen LogP) is 1.65. The Morgan fingerprint density at radius 2 is 2.00 bits per heavy atom. The molecule has 0 N–H and O–H groups in total. The van der Waals surface area contributed by atoms with Crippen molar-refractivity contribution in [3.8, 4) is 0 Å². The van der Waals surface area contributed by atoms with Gasteiger partial charge in [-0.05, 0) is 17.7 Å². The predicted molar refractivity (Wildman–Crippen MR) is 75.2 cm³/mol. The number of benzene rings is 1. The number of carbonyl (C=O) groups excluding carboxylic acids is 1. The van der Waals surface area contributed by atoms with Crippen LogP contribution in [-0.2, 0) is 11.8 Å². The van der Waals surface area contributed by atoms with Gasteiger partial charge in [-0.15, -0.1) is 0 Å². The largest absolute Gasteiger partial charge is 0.457 e. The maximum absolute atomic E-state index is 11.7. The lowest BCUT2D eigenvalue weighted by atomic mass is 10.2. The first-order valence-electron chi connectivity index (χ1n) is 6.10. The van der Waals surface area contributed by atoms with Gasteiger partial charge in [-0.1, -0.05) is 36.4 Å². The summed E-state index contributed by atoms with van der Waals surface area (Å²) in [4.78, 5) is 22.8. The average molecular weight is 270 g/mol. The van der Waals surface area contributed by atoms with E-state index in [1.165, 1.54) is 19.2 Å². The van der Waals surface area contributed by atoms with Crippen LogP contribution in [0.1, 0.15) is 16.1 Å².